The molecule has 1 saturated heterocycles. The summed E-state index contributed by atoms with van der Waals surface area (Å²) in [4.78, 5) is 25.2. The zero-order valence-electron chi connectivity index (χ0n) is 15.1. The van der Waals surface area contributed by atoms with Crippen molar-refractivity contribution in [2.75, 3.05) is 33.3 Å². The number of hydrogen-bond donors (Lipinski definition) is 0. The number of imidazole rings is 1. The third kappa shape index (κ3) is 4.43. The van der Waals surface area contributed by atoms with Crippen molar-refractivity contribution in [1.82, 2.24) is 24.3 Å². The molecular formula is C18H25N5O2. The van der Waals surface area contributed by atoms with E-state index in [1.165, 1.54) is 0 Å². The average Bonchev–Trinajstić information content (AvgIpc) is 2.94. The van der Waals surface area contributed by atoms with Gasteiger partial charge < -0.3 is 14.2 Å². The van der Waals surface area contributed by atoms with E-state index in [-0.39, 0.29) is 12.0 Å². The third-order valence-electron chi connectivity index (χ3n) is 4.32. The van der Waals surface area contributed by atoms with E-state index in [0.717, 1.165) is 17.1 Å². The maximum Gasteiger partial charge on any atom is 0.236 e. The number of carbonyl (C=O) groups excluding carboxylic acids is 1. The van der Waals surface area contributed by atoms with Crippen molar-refractivity contribution in [3.05, 3.63) is 47.8 Å². The van der Waals surface area contributed by atoms with Gasteiger partial charge >= 0.3 is 0 Å². The van der Waals surface area contributed by atoms with Crippen LogP contribution < -0.4 is 0 Å². The second-order valence-electron chi connectivity index (χ2n) is 6.58. The quantitative estimate of drug-likeness (QED) is 0.815. The van der Waals surface area contributed by atoms with Crippen LogP contribution >= 0.6 is 0 Å². The Labute approximate surface area is 148 Å². The van der Waals surface area contributed by atoms with Gasteiger partial charge in [-0.3, -0.25) is 14.7 Å². The summed E-state index contributed by atoms with van der Waals surface area (Å²) >= 11 is 0. The summed E-state index contributed by atoms with van der Waals surface area (Å²) in [6, 6.07) is 3.93. The number of amides is 1. The smallest absolute Gasteiger partial charge is 0.236 e. The minimum atomic E-state index is -0.167. The van der Waals surface area contributed by atoms with Crippen LogP contribution in [-0.2, 0) is 23.1 Å². The summed E-state index contributed by atoms with van der Waals surface area (Å²) in [5.74, 6) is 0.990. The molecule has 1 aliphatic rings. The van der Waals surface area contributed by atoms with E-state index in [0.29, 0.717) is 32.8 Å². The van der Waals surface area contributed by atoms with Crippen LogP contribution in [0.2, 0.25) is 0 Å². The number of likely N-dealkylation sites (N-methyl/N-ethyl adjacent to an activating group) is 1. The molecule has 25 heavy (non-hydrogen) atoms. The second-order valence-corrected chi connectivity index (χ2v) is 6.58. The van der Waals surface area contributed by atoms with E-state index in [1.807, 2.05) is 59.9 Å². The van der Waals surface area contributed by atoms with E-state index >= 15 is 0 Å². The molecule has 7 heteroatoms. The number of aryl methyl sites for hydroxylation is 2. The number of morpholine rings is 1. The first-order valence-electron chi connectivity index (χ1n) is 8.49. The fourth-order valence-corrected chi connectivity index (χ4v) is 3.16. The van der Waals surface area contributed by atoms with Gasteiger partial charge in [0.15, 0.2) is 0 Å². The minimum Gasteiger partial charge on any atom is -0.367 e. The van der Waals surface area contributed by atoms with Gasteiger partial charge in [-0.1, -0.05) is 6.07 Å². The second kappa shape index (κ2) is 7.76. The van der Waals surface area contributed by atoms with Crippen molar-refractivity contribution in [3.63, 3.8) is 0 Å². The van der Waals surface area contributed by atoms with E-state index in [1.54, 1.807) is 6.20 Å². The molecule has 0 saturated carbocycles. The molecule has 2 aromatic rings. The van der Waals surface area contributed by atoms with Gasteiger partial charge in [0.25, 0.3) is 0 Å². The van der Waals surface area contributed by atoms with Gasteiger partial charge in [0.1, 0.15) is 11.9 Å². The van der Waals surface area contributed by atoms with Crippen LogP contribution in [0, 0.1) is 6.92 Å². The molecule has 7 nitrogen and oxygen atoms in total. The number of carbonyl (C=O) groups is 1. The summed E-state index contributed by atoms with van der Waals surface area (Å²) in [6.45, 7) is 4.74. The lowest BCUT2D eigenvalue weighted by molar-refractivity contribution is -0.140. The van der Waals surface area contributed by atoms with Gasteiger partial charge in [-0.15, -0.1) is 0 Å². The molecule has 3 rings (SSSR count). The summed E-state index contributed by atoms with van der Waals surface area (Å²) in [6.07, 6.45) is 5.39. The first-order chi connectivity index (χ1) is 12.0. The number of aromatic nitrogens is 3. The normalized spacial score (nSPS) is 17.9. The molecule has 1 fully saturated rings. The number of hydrogen-bond acceptors (Lipinski definition) is 5. The average molecular weight is 343 g/mol. The van der Waals surface area contributed by atoms with Gasteiger partial charge in [0, 0.05) is 38.7 Å². The number of rotatable bonds is 5. The number of nitrogens with zero attached hydrogens (tertiary/aromatic N) is 5. The minimum absolute atomic E-state index is 0.116. The molecule has 0 aliphatic carbocycles. The molecule has 1 amide bonds. The summed E-state index contributed by atoms with van der Waals surface area (Å²) in [7, 11) is 3.91. The Morgan fingerprint density at radius 1 is 1.48 bits per heavy atom. The molecule has 0 bridgehead atoms. The van der Waals surface area contributed by atoms with Crippen LogP contribution in [0.25, 0.3) is 0 Å². The van der Waals surface area contributed by atoms with E-state index in [2.05, 4.69) is 9.97 Å². The first-order valence-corrected chi connectivity index (χ1v) is 8.49. The van der Waals surface area contributed by atoms with E-state index in [4.69, 9.17) is 4.74 Å². The van der Waals surface area contributed by atoms with Crippen LogP contribution in [0.4, 0.5) is 0 Å². The number of pyridine rings is 1. The monoisotopic (exact) mass is 343 g/mol. The lowest BCUT2D eigenvalue weighted by Crippen LogP contribution is -2.46. The molecule has 0 unspecified atom stereocenters. The van der Waals surface area contributed by atoms with Crippen LogP contribution in [0.3, 0.4) is 0 Å². The molecule has 1 atom stereocenters. The lowest BCUT2D eigenvalue weighted by Gasteiger charge is -2.33. The predicted octanol–water partition coefficient (Wildman–Crippen LogP) is 1.16. The van der Waals surface area contributed by atoms with Crippen LogP contribution in [-0.4, -0.2) is 63.5 Å². The first kappa shape index (κ1) is 17.6. The molecule has 0 radical (unpaired) electrons. The van der Waals surface area contributed by atoms with Crippen molar-refractivity contribution in [2.45, 2.75) is 19.6 Å². The topological polar surface area (TPSA) is 63.5 Å². The van der Waals surface area contributed by atoms with Crippen molar-refractivity contribution in [3.8, 4) is 0 Å². The van der Waals surface area contributed by atoms with Crippen molar-refractivity contribution in [1.29, 1.82) is 0 Å². The molecule has 1 aliphatic heterocycles. The van der Waals surface area contributed by atoms with Gasteiger partial charge in [-0.25, -0.2) is 4.98 Å². The highest BCUT2D eigenvalue weighted by Crippen LogP contribution is 2.21. The van der Waals surface area contributed by atoms with Gasteiger partial charge in [-0.05, 0) is 25.6 Å². The van der Waals surface area contributed by atoms with Crippen LogP contribution in [0.1, 0.15) is 23.2 Å². The van der Waals surface area contributed by atoms with Gasteiger partial charge in [0.2, 0.25) is 5.91 Å². The largest absolute Gasteiger partial charge is 0.367 e. The molecule has 0 aromatic carbocycles. The highest BCUT2D eigenvalue weighted by Gasteiger charge is 2.28. The van der Waals surface area contributed by atoms with E-state index in [9.17, 15) is 4.79 Å². The van der Waals surface area contributed by atoms with Crippen molar-refractivity contribution < 1.29 is 9.53 Å². The summed E-state index contributed by atoms with van der Waals surface area (Å²) < 4.78 is 7.81. The Kier molecular flexibility index (Phi) is 5.45. The molecule has 2 aromatic heterocycles. The van der Waals surface area contributed by atoms with Crippen molar-refractivity contribution in [2.24, 2.45) is 7.05 Å². The zero-order valence-corrected chi connectivity index (χ0v) is 15.1. The standard InChI is InChI=1S/C18H25N5O2/c1-14-10-22(3)18(20-14)16-12-23(7-8-25-16)17(24)13-21(2)11-15-5-4-6-19-9-15/h4-6,9-10,16H,7-8,11-13H2,1-3H3/t16-/m0/s1. The fourth-order valence-electron chi connectivity index (χ4n) is 3.16. The fraction of sp³-hybridized carbons (Fsp3) is 0.500. The van der Waals surface area contributed by atoms with Crippen LogP contribution in [0.15, 0.2) is 30.7 Å². The van der Waals surface area contributed by atoms with Crippen molar-refractivity contribution >= 4 is 5.91 Å². The highest BCUT2D eigenvalue weighted by atomic mass is 16.5. The Bertz CT molecular complexity index is 716. The predicted molar refractivity (Wildman–Crippen MR) is 93.8 cm³/mol. The zero-order chi connectivity index (χ0) is 17.8. The SMILES string of the molecule is Cc1cn(C)c([C@@H]2CN(C(=O)CN(C)Cc3cccnc3)CCO2)n1. The highest BCUT2D eigenvalue weighted by molar-refractivity contribution is 5.78. The molecule has 0 spiro atoms. The Hall–Kier alpha value is -2.25. The van der Waals surface area contributed by atoms with Gasteiger partial charge in [0.05, 0.1) is 25.4 Å². The summed E-state index contributed by atoms with van der Waals surface area (Å²) in [5, 5.41) is 0. The Morgan fingerprint density at radius 2 is 2.32 bits per heavy atom. The third-order valence-corrected chi connectivity index (χ3v) is 4.32. The molecule has 3 heterocycles. The Morgan fingerprint density at radius 3 is 3.00 bits per heavy atom. The lowest BCUT2D eigenvalue weighted by atomic mass is 10.2. The maximum atomic E-state index is 12.7. The van der Waals surface area contributed by atoms with E-state index < -0.39 is 0 Å². The van der Waals surface area contributed by atoms with Crippen LogP contribution in [0.5, 0.6) is 0 Å². The molecule has 0 N–H and O–H groups in total. The maximum absolute atomic E-state index is 12.7. The molecule has 134 valence electrons. The van der Waals surface area contributed by atoms with Gasteiger partial charge in [-0.2, -0.15) is 0 Å². The number of ether oxygens (including phenoxy) is 1. The Balaban J connectivity index is 1.57. The molecular weight excluding hydrogens is 318 g/mol. The summed E-state index contributed by atoms with van der Waals surface area (Å²) in [5.41, 5.74) is 2.06.